The van der Waals surface area contributed by atoms with Crippen molar-refractivity contribution in [2.45, 2.75) is 19.8 Å². The minimum atomic E-state index is -0.685. The maximum atomic E-state index is 10.8. The van der Waals surface area contributed by atoms with E-state index in [0.717, 1.165) is 24.6 Å². The average molecular weight is 221 g/mol. The number of hydrogen-bond donors (Lipinski definition) is 1. The average Bonchev–Trinajstić information content (AvgIpc) is 2.29. The first-order valence-electron chi connectivity index (χ1n) is 5.43. The molecule has 1 aromatic heterocycles. The van der Waals surface area contributed by atoms with E-state index in [1.165, 1.54) is 0 Å². The molecule has 0 aliphatic carbocycles. The van der Waals surface area contributed by atoms with Crippen LogP contribution in [0.5, 0.6) is 0 Å². The van der Waals surface area contributed by atoms with Crippen molar-refractivity contribution in [3.05, 3.63) is 18.1 Å². The molecule has 5 heteroatoms. The van der Waals surface area contributed by atoms with Crippen LogP contribution in [0, 0.1) is 12.8 Å². The lowest BCUT2D eigenvalue weighted by Crippen LogP contribution is -2.36. The molecule has 1 aromatic rings. The lowest BCUT2D eigenvalue weighted by Gasteiger charge is -2.30. The van der Waals surface area contributed by atoms with Crippen LogP contribution in [0.1, 0.15) is 18.5 Å². The van der Waals surface area contributed by atoms with E-state index >= 15 is 0 Å². The van der Waals surface area contributed by atoms with Gasteiger partial charge in [0.1, 0.15) is 5.82 Å². The van der Waals surface area contributed by atoms with Crippen molar-refractivity contribution in [1.29, 1.82) is 0 Å². The smallest absolute Gasteiger partial charge is 0.306 e. The number of aromatic nitrogens is 2. The SMILES string of the molecule is Cc1cncc(N2CCC(C(=O)O)CC2)n1. The number of carboxylic acids is 1. The number of rotatable bonds is 2. The van der Waals surface area contributed by atoms with E-state index in [-0.39, 0.29) is 5.92 Å². The van der Waals surface area contributed by atoms with Crippen molar-refractivity contribution in [1.82, 2.24) is 9.97 Å². The Morgan fingerprint density at radius 2 is 2.12 bits per heavy atom. The van der Waals surface area contributed by atoms with Crippen LogP contribution in [0.15, 0.2) is 12.4 Å². The number of nitrogens with zero attached hydrogens (tertiary/aromatic N) is 3. The highest BCUT2D eigenvalue weighted by molar-refractivity contribution is 5.70. The van der Waals surface area contributed by atoms with Gasteiger partial charge in [-0.05, 0) is 19.8 Å². The Labute approximate surface area is 94.1 Å². The third kappa shape index (κ3) is 2.29. The number of hydrogen-bond acceptors (Lipinski definition) is 4. The highest BCUT2D eigenvalue weighted by Gasteiger charge is 2.25. The second kappa shape index (κ2) is 4.47. The van der Waals surface area contributed by atoms with Crippen LogP contribution in [-0.2, 0) is 4.79 Å². The summed E-state index contributed by atoms with van der Waals surface area (Å²) in [5, 5.41) is 8.89. The molecule has 2 heterocycles. The largest absolute Gasteiger partial charge is 0.481 e. The minimum Gasteiger partial charge on any atom is -0.481 e. The van der Waals surface area contributed by atoms with Crippen LogP contribution in [0.2, 0.25) is 0 Å². The molecule has 0 aromatic carbocycles. The molecule has 0 bridgehead atoms. The van der Waals surface area contributed by atoms with Crippen molar-refractivity contribution < 1.29 is 9.90 Å². The van der Waals surface area contributed by atoms with Crippen LogP contribution >= 0.6 is 0 Å². The van der Waals surface area contributed by atoms with Gasteiger partial charge in [0.05, 0.1) is 17.8 Å². The minimum absolute atomic E-state index is 0.200. The van der Waals surface area contributed by atoms with E-state index in [2.05, 4.69) is 14.9 Å². The fraction of sp³-hybridized carbons (Fsp3) is 0.545. The third-order valence-electron chi connectivity index (χ3n) is 2.91. The van der Waals surface area contributed by atoms with Gasteiger partial charge in [-0.1, -0.05) is 0 Å². The molecule has 0 unspecified atom stereocenters. The molecule has 86 valence electrons. The molecule has 5 nitrogen and oxygen atoms in total. The van der Waals surface area contributed by atoms with Gasteiger partial charge in [-0.3, -0.25) is 9.78 Å². The van der Waals surface area contributed by atoms with Gasteiger partial charge in [0.25, 0.3) is 0 Å². The molecule has 1 fully saturated rings. The van der Waals surface area contributed by atoms with Gasteiger partial charge in [0.15, 0.2) is 0 Å². The first-order chi connectivity index (χ1) is 7.66. The standard InChI is InChI=1S/C11H15N3O2/c1-8-6-12-7-10(13-8)14-4-2-9(3-5-14)11(15)16/h6-7,9H,2-5H2,1H3,(H,15,16). The second-order valence-electron chi connectivity index (χ2n) is 4.12. The summed E-state index contributed by atoms with van der Waals surface area (Å²) in [5.74, 6) is -0.0344. The molecule has 1 N–H and O–H groups in total. The van der Waals surface area contributed by atoms with Crippen molar-refractivity contribution >= 4 is 11.8 Å². The summed E-state index contributed by atoms with van der Waals surface area (Å²) < 4.78 is 0. The number of carboxylic acid groups (broad SMARTS) is 1. The zero-order valence-electron chi connectivity index (χ0n) is 9.26. The van der Waals surface area contributed by atoms with Gasteiger partial charge in [-0.2, -0.15) is 0 Å². The van der Waals surface area contributed by atoms with E-state index in [4.69, 9.17) is 5.11 Å². The molecule has 0 saturated carbocycles. The molecule has 1 aliphatic rings. The summed E-state index contributed by atoms with van der Waals surface area (Å²) in [5.41, 5.74) is 0.887. The Morgan fingerprint density at radius 3 is 2.69 bits per heavy atom. The molecule has 0 spiro atoms. The number of piperidine rings is 1. The molecule has 0 radical (unpaired) electrons. The molecule has 2 rings (SSSR count). The zero-order chi connectivity index (χ0) is 11.5. The predicted molar refractivity (Wildman–Crippen MR) is 59.3 cm³/mol. The fourth-order valence-electron chi connectivity index (χ4n) is 1.96. The molecule has 1 saturated heterocycles. The monoisotopic (exact) mass is 221 g/mol. The normalized spacial score (nSPS) is 17.4. The Balaban J connectivity index is 2.01. The number of aliphatic carboxylic acids is 1. The first kappa shape index (κ1) is 10.9. The second-order valence-corrected chi connectivity index (χ2v) is 4.12. The van der Waals surface area contributed by atoms with Gasteiger partial charge >= 0.3 is 5.97 Å². The number of carbonyl (C=O) groups is 1. The lowest BCUT2D eigenvalue weighted by atomic mass is 9.97. The highest BCUT2D eigenvalue weighted by atomic mass is 16.4. The third-order valence-corrected chi connectivity index (χ3v) is 2.91. The van der Waals surface area contributed by atoms with E-state index in [1.807, 2.05) is 6.92 Å². The highest BCUT2D eigenvalue weighted by Crippen LogP contribution is 2.21. The van der Waals surface area contributed by atoms with Crippen LogP contribution in [0.3, 0.4) is 0 Å². The molecule has 16 heavy (non-hydrogen) atoms. The summed E-state index contributed by atoms with van der Waals surface area (Å²) in [7, 11) is 0. The Hall–Kier alpha value is -1.65. The maximum absolute atomic E-state index is 10.8. The Morgan fingerprint density at radius 1 is 1.44 bits per heavy atom. The van der Waals surface area contributed by atoms with E-state index in [9.17, 15) is 4.79 Å². The fourth-order valence-corrected chi connectivity index (χ4v) is 1.96. The molecular formula is C11H15N3O2. The molecule has 0 atom stereocenters. The number of aryl methyl sites for hydroxylation is 1. The topological polar surface area (TPSA) is 66.3 Å². The zero-order valence-corrected chi connectivity index (χ0v) is 9.26. The molecule has 0 amide bonds. The van der Waals surface area contributed by atoms with Crippen molar-refractivity contribution in [3.8, 4) is 0 Å². The lowest BCUT2D eigenvalue weighted by molar-refractivity contribution is -0.142. The van der Waals surface area contributed by atoms with Crippen molar-refractivity contribution in [2.24, 2.45) is 5.92 Å². The number of anilines is 1. The first-order valence-corrected chi connectivity index (χ1v) is 5.43. The summed E-state index contributed by atoms with van der Waals surface area (Å²) >= 11 is 0. The molecule has 1 aliphatic heterocycles. The quantitative estimate of drug-likeness (QED) is 0.809. The van der Waals surface area contributed by atoms with Gasteiger partial charge in [0, 0.05) is 19.3 Å². The Kier molecular flexibility index (Phi) is 3.03. The van der Waals surface area contributed by atoms with Crippen LogP contribution in [-0.4, -0.2) is 34.1 Å². The maximum Gasteiger partial charge on any atom is 0.306 e. The van der Waals surface area contributed by atoms with E-state index < -0.39 is 5.97 Å². The van der Waals surface area contributed by atoms with Gasteiger partial charge in [-0.15, -0.1) is 0 Å². The molecular weight excluding hydrogens is 206 g/mol. The van der Waals surface area contributed by atoms with Crippen LogP contribution in [0.4, 0.5) is 5.82 Å². The van der Waals surface area contributed by atoms with Gasteiger partial charge in [0.2, 0.25) is 0 Å². The van der Waals surface area contributed by atoms with Gasteiger partial charge < -0.3 is 10.0 Å². The van der Waals surface area contributed by atoms with Crippen molar-refractivity contribution in [3.63, 3.8) is 0 Å². The van der Waals surface area contributed by atoms with Crippen LogP contribution < -0.4 is 4.90 Å². The van der Waals surface area contributed by atoms with E-state index in [0.29, 0.717) is 12.8 Å². The van der Waals surface area contributed by atoms with E-state index in [1.54, 1.807) is 12.4 Å². The summed E-state index contributed by atoms with van der Waals surface area (Å²) in [6.07, 6.45) is 4.82. The predicted octanol–water partition coefficient (Wildman–Crippen LogP) is 1.09. The summed E-state index contributed by atoms with van der Waals surface area (Å²) in [6.45, 7) is 3.39. The van der Waals surface area contributed by atoms with Crippen LogP contribution in [0.25, 0.3) is 0 Å². The Bertz CT molecular complexity index is 387. The van der Waals surface area contributed by atoms with Gasteiger partial charge in [-0.25, -0.2) is 4.98 Å². The summed E-state index contributed by atoms with van der Waals surface area (Å²) in [6, 6.07) is 0. The van der Waals surface area contributed by atoms with Crippen molar-refractivity contribution in [2.75, 3.05) is 18.0 Å². The summed E-state index contributed by atoms with van der Waals surface area (Å²) in [4.78, 5) is 21.4.